The Kier molecular flexibility index (Phi) is 9.10. The third kappa shape index (κ3) is 9.95. The van der Waals surface area contributed by atoms with Gasteiger partial charge in [-0.15, -0.1) is 0 Å². The van der Waals surface area contributed by atoms with Crippen LogP contribution in [0.25, 0.3) is 0 Å². The molecule has 0 saturated carbocycles. The molecule has 1 amide bonds. The lowest BCUT2D eigenvalue weighted by Crippen LogP contribution is -2.48. The lowest BCUT2D eigenvalue weighted by Gasteiger charge is -2.33. The zero-order valence-electron chi connectivity index (χ0n) is 15.7. The maximum atomic E-state index is 11.6. The summed E-state index contributed by atoms with van der Waals surface area (Å²) in [6.45, 7) is 16.3. The highest BCUT2D eigenvalue weighted by Gasteiger charge is 2.21. The minimum atomic E-state index is 0.0243. The van der Waals surface area contributed by atoms with E-state index in [0.29, 0.717) is 12.0 Å². The monoisotopic (exact) mass is 328 g/mol. The van der Waals surface area contributed by atoms with E-state index in [9.17, 15) is 4.79 Å². The Balaban J connectivity index is 2.10. The van der Waals surface area contributed by atoms with E-state index in [1.54, 1.807) is 0 Å². The molecule has 0 aromatic heterocycles. The largest absolute Gasteiger partial charge is 0.380 e. The van der Waals surface area contributed by atoms with Crippen molar-refractivity contribution < 1.29 is 14.3 Å². The number of nitrogens with one attached hydrogen (secondary N) is 1. The summed E-state index contributed by atoms with van der Waals surface area (Å²) in [4.78, 5) is 14.0. The van der Waals surface area contributed by atoms with E-state index in [0.717, 1.165) is 45.9 Å². The van der Waals surface area contributed by atoms with E-state index in [1.165, 1.54) is 6.42 Å². The molecule has 0 radical (unpaired) electrons. The molecular weight excluding hydrogens is 292 g/mol. The van der Waals surface area contributed by atoms with Crippen LogP contribution in [-0.4, -0.2) is 62.9 Å². The normalized spacial score (nSPS) is 20.0. The van der Waals surface area contributed by atoms with Crippen LogP contribution in [0.3, 0.4) is 0 Å². The van der Waals surface area contributed by atoms with Gasteiger partial charge in [0, 0.05) is 38.7 Å². The smallest absolute Gasteiger partial charge is 0.222 e. The molecule has 0 aliphatic carbocycles. The van der Waals surface area contributed by atoms with Crippen LogP contribution in [0.2, 0.25) is 0 Å². The number of hydrogen-bond acceptors (Lipinski definition) is 4. The van der Waals surface area contributed by atoms with Crippen LogP contribution < -0.4 is 5.32 Å². The third-order valence-corrected chi connectivity index (χ3v) is 4.02. The van der Waals surface area contributed by atoms with Gasteiger partial charge in [-0.3, -0.25) is 9.69 Å². The van der Waals surface area contributed by atoms with Crippen LogP contribution >= 0.6 is 0 Å². The molecule has 5 heteroatoms. The predicted octanol–water partition coefficient (Wildman–Crippen LogP) is 2.30. The first-order valence-electron chi connectivity index (χ1n) is 8.97. The highest BCUT2D eigenvalue weighted by Crippen LogP contribution is 2.20. The first-order valence-corrected chi connectivity index (χ1v) is 8.97. The standard InChI is InChI=1S/C18H36N2O3/c1-15(2)17(21)19-13-16-14-20(9-12-23-16)8-11-22-10-6-7-18(3,4)5/h15-16H,6-14H2,1-5H3,(H,19,21). The van der Waals surface area contributed by atoms with Crippen molar-refractivity contribution in [1.82, 2.24) is 10.2 Å². The molecule has 0 aromatic rings. The van der Waals surface area contributed by atoms with Crippen molar-refractivity contribution in [3.63, 3.8) is 0 Å². The fraction of sp³-hybridized carbons (Fsp3) is 0.944. The first kappa shape index (κ1) is 20.4. The zero-order chi connectivity index (χ0) is 17.3. The van der Waals surface area contributed by atoms with Crippen LogP contribution in [-0.2, 0) is 14.3 Å². The number of amides is 1. The molecule has 1 fully saturated rings. The summed E-state index contributed by atoms with van der Waals surface area (Å²) in [5.74, 6) is 0.115. The molecule has 1 atom stereocenters. The van der Waals surface area contributed by atoms with Gasteiger partial charge in [0.2, 0.25) is 5.91 Å². The van der Waals surface area contributed by atoms with Gasteiger partial charge in [-0.25, -0.2) is 0 Å². The van der Waals surface area contributed by atoms with Gasteiger partial charge in [0.25, 0.3) is 0 Å². The molecule has 5 nitrogen and oxygen atoms in total. The molecule has 1 aliphatic heterocycles. The van der Waals surface area contributed by atoms with Crippen molar-refractivity contribution in [2.75, 3.05) is 46.0 Å². The molecule has 1 unspecified atom stereocenters. The second-order valence-electron chi connectivity index (χ2n) is 7.97. The Morgan fingerprint density at radius 3 is 2.74 bits per heavy atom. The molecule has 1 aliphatic rings. The predicted molar refractivity (Wildman–Crippen MR) is 93.5 cm³/mol. The van der Waals surface area contributed by atoms with Gasteiger partial charge in [-0.05, 0) is 18.3 Å². The summed E-state index contributed by atoms with van der Waals surface area (Å²) >= 11 is 0. The molecule has 136 valence electrons. The molecule has 0 bridgehead atoms. The zero-order valence-corrected chi connectivity index (χ0v) is 15.7. The first-order chi connectivity index (χ1) is 10.8. The van der Waals surface area contributed by atoms with E-state index >= 15 is 0 Å². The van der Waals surface area contributed by atoms with Crippen molar-refractivity contribution in [2.24, 2.45) is 11.3 Å². The van der Waals surface area contributed by atoms with E-state index in [4.69, 9.17) is 9.47 Å². The van der Waals surface area contributed by atoms with Crippen LogP contribution in [0.5, 0.6) is 0 Å². The van der Waals surface area contributed by atoms with Gasteiger partial charge in [0.15, 0.2) is 0 Å². The van der Waals surface area contributed by atoms with Crippen molar-refractivity contribution in [1.29, 1.82) is 0 Å². The highest BCUT2D eigenvalue weighted by molar-refractivity contribution is 5.77. The van der Waals surface area contributed by atoms with E-state index in [-0.39, 0.29) is 17.9 Å². The van der Waals surface area contributed by atoms with E-state index in [1.807, 2.05) is 13.8 Å². The van der Waals surface area contributed by atoms with E-state index in [2.05, 4.69) is 31.0 Å². The second-order valence-corrected chi connectivity index (χ2v) is 7.97. The fourth-order valence-corrected chi connectivity index (χ4v) is 2.53. The van der Waals surface area contributed by atoms with Crippen LogP contribution in [0.4, 0.5) is 0 Å². The molecule has 1 saturated heterocycles. The molecule has 23 heavy (non-hydrogen) atoms. The van der Waals surface area contributed by atoms with Gasteiger partial charge in [0.05, 0.1) is 19.3 Å². The highest BCUT2D eigenvalue weighted by atomic mass is 16.5. The molecule has 0 spiro atoms. The summed E-state index contributed by atoms with van der Waals surface area (Å²) in [6, 6.07) is 0. The van der Waals surface area contributed by atoms with Crippen LogP contribution in [0.15, 0.2) is 0 Å². The Labute approximate surface area is 142 Å². The number of carbonyl (C=O) groups excluding carboxylic acids is 1. The average Bonchev–Trinajstić information content (AvgIpc) is 2.47. The number of morpholine rings is 1. The van der Waals surface area contributed by atoms with Crippen molar-refractivity contribution >= 4 is 5.91 Å². The average molecular weight is 328 g/mol. The summed E-state index contributed by atoms with van der Waals surface area (Å²) in [5, 5.41) is 2.95. The van der Waals surface area contributed by atoms with Crippen molar-refractivity contribution in [3.8, 4) is 0 Å². The topological polar surface area (TPSA) is 50.8 Å². The SMILES string of the molecule is CC(C)C(=O)NCC1CN(CCOCCCC(C)(C)C)CCO1. The lowest BCUT2D eigenvalue weighted by molar-refractivity contribution is -0.125. The second kappa shape index (κ2) is 10.3. The number of rotatable bonds is 9. The van der Waals surface area contributed by atoms with Gasteiger partial charge in [0.1, 0.15) is 0 Å². The summed E-state index contributed by atoms with van der Waals surface area (Å²) in [6.07, 6.45) is 2.41. The third-order valence-electron chi connectivity index (χ3n) is 4.02. The van der Waals surface area contributed by atoms with Crippen molar-refractivity contribution in [2.45, 2.75) is 53.6 Å². The molecular formula is C18H36N2O3. The number of ether oxygens (including phenoxy) is 2. The Bertz CT molecular complexity index is 340. The fourth-order valence-electron chi connectivity index (χ4n) is 2.53. The van der Waals surface area contributed by atoms with Gasteiger partial charge in [-0.1, -0.05) is 34.6 Å². The molecule has 0 aromatic carbocycles. The number of nitrogens with zero attached hydrogens (tertiary/aromatic N) is 1. The molecule has 1 rings (SSSR count). The molecule has 1 heterocycles. The minimum Gasteiger partial charge on any atom is -0.380 e. The minimum absolute atomic E-state index is 0.0243. The molecule has 1 N–H and O–H groups in total. The summed E-state index contributed by atoms with van der Waals surface area (Å²) < 4.78 is 11.5. The number of hydrogen-bond donors (Lipinski definition) is 1. The van der Waals surface area contributed by atoms with Gasteiger partial charge >= 0.3 is 0 Å². The quantitative estimate of drug-likeness (QED) is 0.660. The number of carbonyl (C=O) groups is 1. The Morgan fingerprint density at radius 2 is 2.09 bits per heavy atom. The van der Waals surface area contributed by atoms with Crippen molar-refractivity contribution in [3.05, 3.63) is 0 Å². The van der Waals surface area contributed by atoms with E-state index < -0.39 is 0 Å². The summed E-state index contributed by atoms with van der Waals surface area (Å²) in [7, 11) is 0. The maximum Gasteiger partial charge on any atom is 0.222 e. The van der Waals surface area contributed by atoms with Crippen LogP contribution in [0, 0.1) is 11.3 Å². The Morgan fingerprint density at radius 1 is 1.35 bits per heavy atom. The Hall–Kier alpha value is -0.650. The van der Waals surface area contributed by atoms with Gasteiger partial charge < -0.3 is 14.8 Å². The summed E-state index contributed by atoms with van der Waals surface area (Å²) in [5.41, 5.74) is 0.390. The lowest BCUT2D eigenvalue weighted by atomic mass is 9.91. The van der Waals surface area contributed by atoms with Crippen LogP contribution in [0.1, 0.15) is 47.5 Å². The maximum absolute atomic E-state index is 11.6. The van der Waals surface area contributed by atoms with Gasteiger partial charge in [-0.2, -0.15) is 0 Å².